The summed E-state index contributed by atoms with van der Waals surface area (Å²) in [6.07, 6.45) is 4.12. The van der Waals surface area contributed by atoms with Crippen LogP contribution in [0.15, 0.2) is 22.1 Å². The Morgan fingerprint density at radius 2 is 2.42 bits per heavy atom. The van der Waals surface area contributed by atoms with E-state index >= 15 is 0 Å². The summed E-state index contributed by atoms with van der Waals surface area (Å²) in [6, 6.07) is 1.66. The number of rotatable bonds is 4. The summed E-state index contributed by atoms with van der Waals surface area (Å²) >= 11 is 0. The van der Waals surface area contributed by atoms with Crippen molar-refractivity contribution < 1.29 is 9.84 Å². The Bertz CT molecular complexity index is 512. The molecule has 0 bridgehead atoms. The molecule has 7 nitrogen and oxygen atoms in total. The van der Waals surface area contributed by atoms with Gasteiger partial charge in [-0.2, -0.15) is 4.98 Å². The fourth-order valence-corrected chi connectivity index (χ4v) is 1.90. The van der Waals surface area contributed by atoms with Gasteiger partial charge in [-0.25, -0.2) is 9.79 Å². The van der Waals surface area contributed by atoms with Crippen molar-refractivity contribution in [2.75, 3.05) is 20.7 Å². The molecule has 1 aromatic rings. The molecule has 2 unspecified atom stereocenters. The highest BCUT2D eigenvalue weighted by Crippen LogP contribution is 2.26. The molecule has 2 rings (SSSR count). The lowest BCUT2D eigenvalue weighted by Gasteiger charge is -2.14. The summed E-state index contributed by atoms with van der Waals surface area (Å²) in [4.78, 5) is 21.6. The Kier molecular flexibility index (Phi) is 4.28. The van der Waals surface area contributed by atoms with Crippen molar-refractivity contribution in [1.82, 2.24) is 14.5 Å². The zero-order chi connectivity index (χ0) is 13.8. The smallest absolute Gasteiger partial charge is 0.351 e. The van der Waals surface area contributed by atoms with Gasteiger partial charge in [-0.3, -0.25) is 4.57 Å². The zero-order valence-corrected chi connectivity index (χ0v) is 11.1. The molecule has 7 heteroatoms. The normalized spacial score (nSPS) is 23.1. The van der Waals surface area contributed by atoms with Crippen LogP contribution in [0.4, 0.5) is 5.82 Å². The van der Waals surface area contributed by atoms with E-state index in [1.807, 2.05) is 14.1 Å². The molecule has 104 valence electrons. The number of aliphatic imine (C=N–C) groups is 1. The summed E-state index contributed by atoms with van der Waals surface area (Å²) in [5.74, 6) is 0.367. The first kappa shape index (κ1) is 13.7. The van der Waals surface area contributed by atoms with E-state index in [2.05, 4.69) is 9.98 Å². The highest BCUT2D eigenvalue weighted by atomic mass is 16.5. The van der Waals surface area contributed by atoms with Gasteiger partial charge in [0, 0.05) is 20.3 Å². The monoisotopic (exact) mass is 266 g/mol. The quantitative estimate of drug-likeness (QED) is 0.619. The van der Waals surface area contributed by atoms with E-state index in [1.54, 1.807) is 23.5 Å². The maximum absolute atomic E-state index is 11.9. The first-order valence-corrected chi connectivity index (χ1v) is 6.16. The largest absolute Gasteiger partial charge is 0.394 e. The highest BCUT2D eigenvalue weighted by molar-refractivity contribution is 5.58. The van der Waals surface area contributed by atoms with Crippen LogP contribution in [0.1, 0.15) is 19.1 Å². The average Bonchev–Trinajstić information content (AvgIpc) is 2.85. The van der Waals surface area contributed by atoms with Crippen LogP contribution in [0.2, 0.25) is 0 Å². The van der Waals surface area contributed by atoms with Crippen molar-refractivity contribution in [3.8, 4) is 0 Å². The Morgan fingerprint density at radius 1 is 1.63 bits per heavy atom. The standard InChI is InChI=1S/C12H18N4O3/c1-15(2)8-13-10-5-6-16(12(18)14-10)11-4-3-9(7-17)19-11/h5-6,8-9,11,17H,3-4,7H2,1-2H3/b13-8+. The third-order valence-corrected chi connectivity index (χ3v) is 2.84. The van der Waals surface area contributed by atoms with Gasteiger partial charge in [0.25, 0.3) is 0 Å². The van der Waals surface area contributed by atoms with Crippen molar-refractivity contribution in [3.05, 3.63) is 22.7 Å². The van der Waals surface area contributed by atoms with Crippen molar-refractivity contribution >= 4 is 12.2 Å². The predicted octanol–water partition coefficient (Wildman–Crippen LogP) is 0.135. The lowest BCUT2D eigenvalue weighted by molar-refractivity contribution is -0.0245. The van der Waals surface area contributed by atoms with Gasteiger partial charge < -0.3 is 14.7 Å². The van der Waals surface area contributed by atoms with Crippen LogP contribution in [0.5, 0.6) is 0 Å². The lowest BCUT2D eigenvalue weighted by Crippen LogP contribution is -2.27. The Morgan fingerprint density at radius 3 is 3.00 bits per heavy atom. The van der Waals surface area contributed by atoms with Gasteiger partial charge in [0.2, 0.25) is 0 Å². The third-order valence-electron chi connectivity index (χ3n) is 2.84. The molecule has 0 radical (unpaired) electrons. The van der Waals surface area contributed by atoms with Gasteiger partial charge >= 0.3 is 5.69 Å². The van der Waals surface area contributed by atoms with Gasteiger partial charge in [0.15, 0.2) is 5.82 Å². The molecule has 0 aliphatic carbocycles. The summed E-state index contributed by atoms with van der Waals surface area (Å²) < 4.78 is 6.98. The lowest BCUT2D eigenvalue weighted by atomic mass is 10.2. The molecular weight excluding hydrogens is 248 g/mol. The molecule has 19 heavy (non-hydrogen) atoms. The molecule has 1 fully saturated rings. The molecule has 1 N–H and O–H groups in total. The summed E-state index contributed by atoms with van der Waals surface area (Å²) in [6.45, 7) is -0.0239. The van der Waals surface area contributed by atoms with Gasteiger partial charge in [0.05, 0.1) is 19.0 Å². The second-order valence-corrected chi connectivity index (χ2v) is 4.66. The average molecular weight is 266 g/mol. The first-order valence-electron chi connectivity index (χ1n) is 6.16. The molecule has 1 saturated heterocycles. The van der Waals surface area contributed by atoms with Crippen LogP contribution in [0.25, 0.3) is 0 Å². The first-order chi connectivity index (χ1) is 9.10. The minimum absolute atomic E-state index is 0.0239. The summed E-state index contributed by atoms with van der Waals surface area (Å²) in [7, 11) is 3.68. The second-order valence-electron chi connectivity index (χ2n) is 4.66. The Balaban J connectivity index is 2.14. The fraction of sp³-hybridized carbons (Fsp3) is 0.583. The second kappa shape index (κ2) is 5.94. The van der Waals surface area contributed by atoms with Crippen molar-refractivity contribution in [2.24, 2.45) is 4.99 Å². The van der Waals surface area contributed by atoms with Gasteiger partial charge in [-0.1, -0.05) is 0 Å². The molecule has 2 heterocycles. The minimum atomic E-state index is -0.392. The number of hydrogen-bond acceptors (Lipinski definition) is 5. The molecule has 1 aliphatic rings. The van der Waals surface area contributed by atoms with Gasteiger partial charge in [0.1, 0.15) is 6.23 Å². The zero-order valence-electron chi connectivity index (χ0n) is 11.1. The molecular formula is C12H18N4O3. The van der Waals surface area contributed by atoms with Crippen LogP contribution in [-0.4, -0.2) is 52.7 Å². The van der Waals surface area contributed by atoms with Crippen LogP contribution in [-0.2, 0) is 4.74 Å². The van der Waals surface area contributed by atoms with E-state index in [4.69, 9.17) is 9.84 Å². The number of aliphatic hydroxyl groups excluding tert-OH is 1. The molecule has 0 spiro atoms. The van der Waals surface area contributed by atoms with Crippen LogP contribution in [0, 0.1) is 0 Å². The van der Waals surface area contributed by atoms with Gasteiger partial charge in [-0.15, -0.1) is 0 Å². The number of ether oxygens (including phenoxy) is 1. The number of nitrogens with zero attached hydrogens (tertiary/aromatic N) is 4. The SMILES string of the molecule is CN(C)/C=N/c1ccn(C2CCC(CO)O2)c(=O)n1. The number of aromatic nitrogens is 2. The van der Waals surface area contributed by atoms with Gasteiger partial charge in [-0.05, 0) is 18.9 Å². The van der Waals surface area contributed by atoms with E-state index < -0.39 is 5.69 Å². The maximum Gasteiger partial charge on any atom is 0.351 e. The van der Waals surface area contributed by atoms with Crippen LogP contribution >= 0.6 is 0 Å². The third kappa shape index (κ3) is 3.39. The number of aliphatic hydroxyl groups is 1. The van der Waals surface area contributed by atoms with E-state index in [0.717, 1.165) is 6.42 Å². The molecule has 0 saturated carbocycles. The van der Waals surface area contributed by atoms with Crippen molar-refractivity contribution in [2.45, 2.75) is 25.2 Å². The van der Waals surface area contributed by atoms with E-state index in [0.29, 0.717) is 12.2 Å². The Labute approximate surface area is 111 Å². The summed E-state index contributed by atoms with van der Waals surface area (Å²) in [5, 5.41) is 9.01. The molecule has 1 aliphatic heterocycles. The van der Waals surface area contributed by atoms with E-state index in [9.17, 15) is 4.79 Å². The van der Waals surface area contributed by atoms with Crippen molar-refractivity contribution in [3.63, 3.8) is 0 Å². The molecule has 0 aromatic carbocycles. The van der Waals surface area contributed by atoms with Crippen molar-refractivity contribution in [1.29, 1.82) is 0 Å². The molecule has 1 aromatic heterocycles. The Hall–Kier alpha value is -1.73. The predicted molar refractivity (Wildman–Crippen MR) is 70.6 cm³/mol. The highest BCUT2D eigenvalue weighted by Gasteiger charge is 2.26. The van der Waals surface area contributed by atoms with Crippen LogP contribution in [0.3, 0.4) is 0 Å². The maximum atomic E-state index is 11.9. The summed E-state index contributed by atoms with van der Waals surface area (Å²) in [5.41, 5.74) is -0.392. The van der Waals surface area contributed by atoms with E-state index in [1.165, 1.54) is 4.57 Å². The fourth-order valence-electron chi connectivity index (χ4n) is 1.90. The molecule has 0 amide bonds. The molecule has 2 atom stereocenters. The number of hydrogen-bond donors (Lipinski definition) is 1. The van der Waals surface area contributed by atoms with E-state index in [-0.39, 0.29) is 18.9 Å². The van der Waals surface area contributed by atoms with Crippen LogP contribution < -0.4 is 5.69 Å². The minimum Gasteiger partial charge on any atom is -0.394 e. The topological polar surface area (TPSA) is 80.0 Å².